The van der Waals surface area contributed by atoms with Crippen LogP contribution >= 0.6 is 11.6 Å². The number of halogens is 1. The molecule has 3 rings (SSSR count). The normalized spacial score (nSPS) is 17.6. The maximum atomic E-state index is 6.36. The van der Waals surface area contributed by atoms with Gasteiger partial charge in [-0.15, -0.1) is 0 Å². The van der Waals surface area contributed by atoms with E-state index < -0.39 is 0 Å². The molecule has 0 amide bonds. The van der Waals surface area contributed by atoms with Crippen LogP contribution in [0, 0.1) is 0 Å². The van der Waals surface area contributed by atoms with Gasteiger partial charge in [0.1, 0.15) is 0 Å². The highest BCUT2D eigenvalue weighted by atomic mass is 35.5. The van der Waals surface area contributed by atoms with Crippen LogP contribution in [0.3, 0.4) is 0 Å². The first-order valence-corrected chi connectivity index (χ1v) is 8.23. The van der Waals surface area contributed by atoms with Crippen LogP contribution in [-0.4, -0.2) is 0 Å². The lowest BCUT2D eigenvalue weighted by Gasteiger charge is -2.22. The summed E-state index contributed by atoms with van der Waals surface area (Å²) in [6.45, 7) is 0. The van der Waals surface area contributed by atoms with E-state index in [2.05, 4.69) is 24.3 Å². The van der Waals surface area contributed by atoms with Gasteiger partial charge >= 0.3 is 0 Å². The standard InChI is InChI=1S/C19H22ClN/c20-18-9-5-4-8-17(18)19(21)16-12-10-15(11-13-16)14-6-2-1-3-7-14/h4-5,8-14,19H,1-3,6-7,21H2. The third kappa shape index (κ3) is 3.30. The molecule has 0 heterocycles. The van der Waals surface area contributed by atoms with Crippen LogP contribution in [0.25, 0.3) is 0 Å². The zero-order valence-corrected chi connectivity index (χ0v) is 13.0. The van der Waals surface area contributed by atoms with E-state index in [1.807, 2.05) is 24.3 Å². The van der Waals surface area contributed by atoms with Gasteiger partial charge in [-0.25, -0.2) is 0 Å². The molecule has 1 aliphatic rings. The summed E-state index contributed by atoms with van der Waals surface area (Å²) in [7, 11) is 0. The monoisotopic (exact) mass is 299 g/mol. The molecule has 1 fully saturated rings. The molecule has 1 aliphatic carbocycles. The Hall–Kier alpha value is -1.31. The van der Waals surface area contributed by atoms with Gasteiger partial charge in [-0.05, 0) is 41.5 Å². The number of benzene rings is 2. The van der Waals surface area contributed by atoms with E-state index in [1.165, 1.54) is 37.7 Å². The maximum Gasteiger partial charge on any atom is 0.0566 e. The topological polar surface area (TPSA) is 26.0 Å². The fraction of sp³-hybridized carbons (Fsp3) is 0.368. The highest BCUT2D eigenvalue weighted by molar-refractivity contribution is 6.31. The molecule has 0 saturated heterocycles. The van der Waals surface area contributed by atoms with Crippen LogP contribution in [0.2, 0.25) is 5.02 Å². The first-order valence-electron chi connectivity index (χ1n) is 7.85. The van der Waals surface area contributed by atoms with Crippen molar-refractivity contribution in [3.05, 3.63) is 70.2 Å². The van der Waals surface area contributed by atoms with Crippen molar-refractivity contribution in [1.82, 2.24) is 0 Å². The first-order chi connectivity index (χ1) is 10.3. The van der Waals surface area contributed by atoms with E-state index >= 15 is 0 Å². The molecule has 21 heavy (non-hydrogen) atoms. The lowest BCUT2D eigenvalue weighted by Crippen LogP contribution is -2.12. The minimum absolute atomic E-state index is 0.154. The second-order valence-corrected chi connectivity index (χ2v) is 6.41. The average Bonchev–Trinajstić information content (AvgIpc) is 2.56. The lowest BCUT2D eigenvalue weighted by molar-refractivity contribution is 0.443. The van der Waals surface area contributed by atoms with Crippen molar-refractivity contribution in [1.29, 1.82) is 0 Å². The number of nitrogens with two attached hydrogens (primary N) is 1. The van der Waals surface area contributed by atoms with E-state index in [1.54, 1.807) is 0 Å². The molecule has 1 atom stereocenters. The second kappa shape index (κ2) is 6.64. The molecule has 1 saturated carbocycles. The third-order valence-corrected chi connectivity index (χ3v) is 4.96. The summed E-state index contributed by atoms with van der Waals surface area (Å²) in [5.74, 6) is 0.740. The van der Waals surface area contributed by atoms with E-state index in [0.717, 1.165) is 22.1 Å². The van der Waals surface area contributed by atoms with Gasteiger partial charge in [0.25, 0.3) is 0 Å². The van der Waals surface area contributed by atoms with E-state index in [4.69, 9.17) is 17.3 Å². The molecule has 0 radical (unpaired) electrons. The highest BCUT2D eigenvalue weighted by Gasteiger charge is 2.16. The minimum atomic E-state index is -0.154. The smallest absolute Gasteiger partial charge is 0.0566 e. The number of hydrogen-bond acceptors (Lipinski definition) is 1. The van der Waals surface area contributed by atoms with Crippen molar-refractivity contribution >= 4 is 11.6 Å². The Labute approximate surface area is 132 Å². The molecule has 0 bridgehead atoms. The van der Waals surface area contributed by atoms with Crippen molar-refractivity contribution in [3.8, 4) is 0 Å². The van der Waals surface area contributed by atoms with Gasteiger partial charge in [0.15, 0.2) is 0 Å². The van der Waals surface area contributed by atoms with Crippen LogP contribution < -0.4 is 5.73 Å². The van der Waals surface area contributed by atoms with Crippen molar-refractivity contribution in [2.75, 3.05) is 0 Å². The van der Waals surface area contributed by atoms with Crippen LogP contribution in [0.15, 0.2) is 48.5 Å². The van der Waals surface area contributed by atoms with Gasteiger partial charge in [-0.3, -0.25) is 0 Å². The largest absolute Gasteiger partial charge is 0.320 e. The number of rotatable bonds is 3. The predicted octanol–water partition coefficient (Wildman–Crippen LogP) is 5.44. The van der Waals surface area contributed by atoms with Gasteiger partial charge in [0, 0.05) is 5.02 Å². The van der Waals surface area contributed by atoms with E-state index in [9.17, 15) is 0 Å². The summed E-state index contributed by atoms with van der Waals surface area (Å²) >= 11 is 6.24. The fourth-order valence-corrected chi connectivity index (χ4v) is 3.57. The predicted molar refractivity (Wildman–Crippen MR) is 89.8 cm³/mol. The van der Waals surface area contributed by atoms with Crippen LogP contribution in [0.4, 0.5) is 0 Å². The summed E-state index contributed by atoms with van der Waals surface area (Å²) < 4.78 is 0. The fourth-order valence-electron chi connectivity index (χ4n) is 3.32. The highest BCUT2D eigenvalue weighted by Crippen LogP contribution is 2.33. The van der Waals surface area contributed by atoms with Gasteiger partial charge < -0.3 is 5.73 Å². The SMILES string of the molecule is NC(c1ccc(C2CCCCC2)cc1)c1ccccc1Cl. The van der Waals surface area contributed by atoms with Crippen molar-refractivity contribution in [2.24, 2.45) is 5.73 Å². The Kier molecular flexibility index (Phi) is 4.62. The lowest BCUT2D eigenvalue weighted by atomic mass is 9.83. The molecule has 1 unspecified atom stereocenters. The molecule has 2 aromatic carbocycles. The summed E-state index contributed by atoms with van der Waals surface area (Å²) in [5.41, 5.74) is 9.94. The van der Waals surface area contributed by atoms with Crippen LogP contribution in [-0.2, 0) is 0 Å². The van der Waals surface area contributed by atoms with Crippen LogP contribution in [0.1, 0.15) is 60.8 Å². The average molecular weight is 300 g/mol. The zero-order valence-electron chi connectivity index (χ0n) is 12.3. The van der Waals surface area contributed by atoms with Gasteiger partial charge in [-0.2, -0.15) is 0 Å². The molecular weight excluding hydrogens is 278 g/mol. The van der Waals surface area contributed by atoms with E-state index in [0.29, 0.717) is 0 Å². The molecule has 1 nitrogen and oxygen atoms in total. The van der Waals surface area contributed by atoms with Gasteiger partial charge in [-0.1, -0.05) is 73.3 Å². The molecule has 2 heteroatoms. The quantitative estimate of drug-likeness (QED) is 0.803. The summed E-state index contributed by atoms with van der Waals surface area (Å²) in [4.78, 5) is 0. The van der Waals surface area contributed by atoms with Crippen LogP contribution in [0.5, 0.6) is 0 Å². The Balaban J connectivity index is 1.79. The Morgan fingerprint density at radius 2 is 1.57 bits per heavy atom. The molecule has 0 spiro atoms. The van der Waals surface area contributed by atoms with Gasteiger partial charge in [0.2, 0.25) is 0 Å². The molecule has 2 N–H and O–H groups in total. The molecule has 110 valence electrons. The Morgan fingerprint density at radius 3 is 2.24 bits per heavy atom. The molecular formula is C19H22ClN. The number of hydrogen-bond donors (Lipinski definition) is 1. The molecule has 0 aromatic heterocycles. The summed E-state index contributed by atoms with van der Waals surface area (Å²) in [6, 6.07) is 16.5. The molecule has 0 aliphatic heterocycles. The third-order valence-electron chi connectivity index (χ3n) is 4.61. The molecule has 2 aromatic rings. The summed E-state index contributed by atoms with van der Waals surface area (Å²) in [5, 5.41) is 0.737. The Bertz CT molecular complexity index is 585. The zero-order chi connectivity index (χ0) is 14.7. The van der Waals surface area contributed by atoms with E-state index in [-0.39, 0.29) is 6.04 Å². The minimum Gasteiger partial charge on any atom is -0.320 e. The first kappa shape index (κ1) is 14.6. The second-order valence-electron chi connectivity index (χ2n) is 6.00. The Morgan fingerprint density at radius 1 is 0.905 bits per heavy atom. The van der Waals surface area contributed by atoms with Crippen molar-refractivity contribution < 1.29 is 0 Å². The van der Waals surface area contributed by atoms with Crippen molar-refractivity contribution in [2.45, 2.75) is 44.1 Å². The summed E-state index contributed by atoms with van der Waals surface area (Å²) in [6.07, 6.45) is 6.79. The van der Waals surface area contributed by atoms with Gasteiger partial charge in [0.05, 0.1) is 6.04 Å². The maximum absolute atomic E-state index is 6.36. The van der Waals surface area contributed by atoms with Crippen molar-refractivity contribution in [3.63, 3.8) is 0 Å².